The van der Waals surface area contributed by atoms with E-state index in [0.29, 0.717) is 24.0 Å². The molecule has 0 amide bonds. The third kappa shape index (κ3) is 1.76. The Bertz CT molecular complexity index is 510. The van der Waals surface area contributed by atoms with Gasteiger partial charge in [-0.2, -0.15) is 4.98 Å². The molecule has 1 saturated carbocycles. The van der Waals surface area contributed by atoms with E-state index < -0.39 is 0 Å². The molecule has 1 saturated heterocycles. The Balaban J connectivity index is 0.000001000. The predicted octanol–water partition coefficient (Wildman–Crippen LogP) is 2.24. The lowest BCUT2D eigenvalue weighted by Gasteiger charge is -2.48. The molecule has 5 heteroatoms. The van der Waals surface area contributed by atoms with Gasteiger partial charge in [0.25, 0.3) is 0 Å². The Morgan fingerprint density at radius 1 is 1.22 bits per heavy atom. The average molecular weight is 267 g/mol. The van der Waals surface area contributed by atoms with Gasteiger partial charge < -0.3 is 14.5 Å². The molecule has 1 N–H and O–H groups in total. The fraction of sp³-hybridized carbons (Fsp3) is 0.462. The van der Waals surface area contributed by atoms with E-state index in [0.717, 1.165) is 24.2 Å². The monoisotopic (exact) mass is 266 g/mol. The molecule has 0 radical (unpaired) electrons. The van der Waals surface area contributed by atoms with Gasteiger partial charge >= 0.3 is 6.08 Å². The molecule has 4 rings (SSSR count). The van der Waals surface area contributed by atoms with Gasteiger partial charge in [0, 0.05) is 24.9 Å². The van der Waals surface area contributed by atoms with Gasteiger partial charge in [0.05, 0.1) is 0 Å². The van der Waals surface area contributed by atoms with Crippen molar-refractivity contribution in [2.45, 2.75) is 12.5 Å². The molecule has 1 unspecified atom stereocenters. The first kappa shape index (κ1) is 11.8. The molecule has 96 valence electrons. The van der Waals surface area contributed by atoms with E-state index >= 15 is 0 Å². The Morgan fingerprint density at radius 3 is 2.72 bits per heavy atom. The molecule has 1 aliphatic carbocycles. The summed E-state index contributed by atoms with van der Waals surface area (Å²) in [5.74, 6) is 1.26. The van der Waals surface area contributed by atoms with Crippen LogP contribution in [-0.2, 0) is 0 Å². The molecular weight excluding hydrogens is 252 g/mol. The second-order valence-corrected chi connectivity index (χ2v) is 4.94. The minimum atomic E-state index is 0. The summed E-state index contributed by atoms with van der Waals surface area (Å²) in [5, 5.41) is 3.40. The second-order valence-electron chi connectivity index (χ2n) is 4.94. The number of nitrogens with zero attached hydrogens (tertiary/aromatic N) is 1. The van der Waals surface area contributed by atoms with Crippen molar-refractivity contribution in [2.24, 2.45) is 11.8 Å². The van der Waals surface area contributed by atoms with Crippen molar-refractivity contribution in [1.82, 2.24) is 10.3 Å². The first-order chi connectivity index (χ1) is 8.40. The lowest BCUT2D eigenvalue weighted by atomic mass is 9.69. The minimum Gasteiger partial charge on any atom is -0.446 e. The third-order valence-electron chi connectivity index (χ3n) is 3.86. The molecule has 2 heterocycles. The maximum absolute atomic E-state index is 5.88. The van der Waals surface area contributed by atoms with Crippen molar-refractivity contribution < 1.29 is 9.15 Å². The molecule has 0 spiro atoms. The normalized spacial score (nSPS) is 29.4. The summed E-state index contributed by atoms with van der Waals surface area (Å²) in [5.41, 5.74) is 1.66. The maximum atomic E-state index is 5.88. The number of ether oxygens (including phenoxy) is 1. The summed E-state index contributed by atoms with van der Waals surface area (Å²) in [6, 6.07) is 7.75. The SMILES string of the molecule is Cl.c1ccc2oc(OC3[C@@H]4CNC[C@H]3C4)nc2c1. The van der Waals surface area contributed by atoms with E-state index in [9.17, 15) is 0 Å². The van der Waals surface area contributed by atoms with E-state index in [1.54, 1.807) is 0 Å². The van der Waals surface area contributed by atoms with Crippen molar-refractivity contribution >= 4 is 23.5 Å². The molecule has 18 heavy (non-hydrogen) atoms. The van der Waals surface area contributed by atoms with Crippen LogP contribution in [0.25, 0.3) is 11.1 Å². The Morgan fingerprint density at radius 2 is 2.00 bits per heavy atom. The Labute approximate surface area is 111 Å². The summed E-state index contributed by atoms with van der Waals surface area (Å²) in [6.07, 6.45) is 2.00. The van der Waals surface area contributed by atoms with E-state index in [2.05, 4.69) is 10.3 Å². The van der Waals surface area contributed by atoms with Crippen LogP contribution in [0.2, 0.25) is 0 Å². The summed E-state index contributed by atoms with van der Waals surface area (Å²) in [4.78, 5) is 4.35. The van der Waals surface area contributed by atoms with Crippen molar-refractivity contribution in [3.8, 4) is 6.08 Å². The Hall–Kier alpha value is -1.26. The summed E-state index contributed by atoms with van der Waals surface area (Å²) in [6.45, 7) is 2.11. The highest BCUT2D eigenvalue weighted by molar-refractivity contribution is 5.85. The minimum absolute atomic E-state index is 0. The van der Waals surface area contributed by atoms with Crippen LogP contribution in [0.4, 0.5) is 0 Å². The lowest BCUT2D eigenvalue weighted by molar-refractivity contribution is -0.0582. The number of benzene rings is 1. The van der Waals surface area contributed by atoms with Gasteiger partial charge in [-0.1, -0.05) is 12.1 Å². The number of halogens is 1. The molecule has 3 atom stereocenters. The highest BCUT2D eigenvalue weighted by Gasteiger charge is 2.46. The average Bonchev–Trinajstić information content (AvgIpc) is 2.79. The van der Waals surface area contributed by atoms with E-state index in [1.807, 2.05) is 24.3 Å². The van der Waals surface area contributed by atoms with Gasteiger partial charge in [-0.05, 0) is 18.6 Å². The van der Waals surface area contributed by atoms with Crippen LogP contribution >= 0.6 is 12.4 Å². The van der Waals surface area contributed by atoms with Gasteiger partial charge in [-0.3, -0.25) is 0 Å². The van der Waals surface area contributed by atoms with Crippen LogP contribution in [0.5, 0.6) is 6.08 Å². The number of nitrogens with one attached hydrogen (secondary N) is 1. The quantitative estimate of drug-likeness (QED) is 0.906. The molecule has 2 aromatic rings. The lowest BCUT2D eigenvalue weighted by Crippen LogP contribution is -2.59. The van der Waals surface area contributed by atoms with Crippen molar-refractivity contribution in [2.75, 3.05) is 13.1 Å². The van der Waals surface area contributed by atoms with Crippen LogP contribution in [0.3, 0.4) is 0 Å². The van der Waals surface area contributed by atoms with E-state index in [-0.39, 0.29) is 12.4 Å². The van der Waals surface area contributed by atoms with Gasteiger partial charge in [0.2, 0.25) is 0 Å². The zero-order valence-corrected chi connectivity index (χ0v) is 10.7. The summed E-state index contributed by atoms with van der Waals surface area (Å²) in [7, 11) is 0. The van der Waals surface area contributed by atoms with Gasteiger partial charge in [0.15, 0.2) is 5.58 Å². The molecule has 1 aromatic heterocycles. The number of rotatable bonds is 2. The van der Waals surface area contributed by atoms with Crippen LogP contribution in [0.15, 0.2) is 28.7 Å². The van der Waals surface area contributed by atoms with Crippen LogP contribution < -0.4 is 10.1 Å². The van der Waals surface area contributed by atoms with Gasteiger partial charge in [-0.15, -0.1) is 12.4 Å². The van der Waals surface area contributed by atoms with E-state index in [1.165, 1.54) is 6.42 Å². The number of para-hydroxylation sites is 2. The van der Waals surface area contributed by atoms with E-state index in [4.69, 9.17) is 9.15 Å². The smallest absolute Gasteiger partial charge is 0.394 e. The highest BCUT2D eigenvalue weighted by atomic mass is 35.5. The molecule has 2 fully saturated rings. The summed E-state index contributed by atoms with van der Waals surface area (Å²) >= 11 is 0. The third-order valence-corrected chi connectivity index (χ3v) is 3.86. The number of hydrogen-bond donors (Lipinski definition) is 1. The highest BCUT2D eigenvalue weighted by Crippen LogP contribution is 2.39. The predicted molar refractivity (Wildman–Crippen MR) is 70.1 cm³/mol. The second kappa shape index (κ2) is 4.44. The number of fused-ring (bicyclic) bond motifs is 3. The number of aromatic nitrogens is 1. The molecule has 4 nitrogen and oxygen atoms in total. The molecule has 2 bridgehead atoms. The first-order valence-corrected chi connectivity index (χ1v) is 6.13. The van der Waals surface area contributed by atoms with Gasteiger partial charge in [-0.25, -0.2) is 0 Å². The zero-order valence-electron chi connectivity index (χ0n) is 9.83. The fourth-order valence-electron chi connectivity index (χ4n) is 2.91. The zero-order chi connectivity index (χ0) is 11.2. The van der Waals surface area contributed by atoms with Gasteiger partial charge in [0.1, 0.15) is 11.6 Å². The molecular formula is C13H15ClN2O2. The van der Waals surface area contributed by atoms with Crippen LogP contribution in [0, 0.1) is 11.8 Å². The number of piperidine rings is 2. The molecule has 2 aliphatic rings. The standard InChI is InChI=1S/C13H14N2O2.ClH/c1-2-4-11-10(3-1)15-13(16-11)17-12-8-5-9(12)7-14-6-8;/h1-4,8-9,12,14H,5-7H2;1H/t8-,9+,12?;. The number of oxazole rings is 1. The van der Waals surface area contributed by atoms with Crippen molar-refractivity contribution in [1.29, 1.82) is 0 Å². The van der Waals surface area contributed by atoms with Crippen molar-refractivity contribution in [3.05, 3.63) is 24.3 Å². The maximum Gasteiger partial charge on any atom is 0.394 e. The fourth-order valence-corrected chi connectivity index (χ4v) is 2.91. The molecule has 1 aliphatic heterocycles. The first-order valence-electron chi connectivity index (χ1n) is 6.13. The molecule has 1 aromatic carbocycles. The van der Waals surface area contributed by atoms with Crippen LogP contribution in [0.1, 0.15) is 6.42 Å². The van der Waals surface area contributed by atoms with Crippen LogP contribution in [-0.4, -0.2) is 24.2 Å². The Kier molecular flexibility index (Phi) is 2.92. The summed E-state index contributed by atoms with van der Waals surface area (Å²) < 4.78 is 11.5. The largest absolute Gasteiger partial charge is 0.446 e. The van der Waals surface area contributed by atoms with Crippen molar-refractivity contribution in [3.63, 3.8) is 0 Å². The topological polar surface area (TPSA) is 47.3 Å². The number of hydrogen-bond acceptors (Lipinski definition) is 4.